The first-order valence-corrected chi connectivity index (χ1v) is 6.84. The molecule has 1 unspecified atom stereocenters. The number of aryl methyl sites for hydroxylation is 1. The Labute approximate surface area is 114 Å². The van der Waals surface area contributed by atoms with Crippen LogP contribution in [0.2, 0.25) is 0 Å². The molecule has 1 amide bonds. The van der Waals surface area contributed by atoms with Crippen molar-refractivity contribution in [1.82, 2.24) is 5.32 Å². The number of nitrogens with one attached hydrogen (secondary N) is 2. The van der Waals surface area contributed by atoms with E-state index >= 15 is 0 Å². The monoisotopic (exact) mass is 314 g/mol. The Hall–Kier alpha value is -0.940. The molecule has 3 nitrogen and oxygen atoms in total. The Morgan fingerprint density at radius 3 is 3.06 bits per heavy atom. The summed E-state index contributed by atoms with van der Waals surface area (Å²) in [6, 6.07) is 3.27. The number of benzene rings is 1. The molecule has 0 bridgehead atoms. The number of rotatable bonds is 3. The second kappa shape index (κ2) is 5.80. The minimum Gasteiger partial charge on any atom is -0.326 e. The molecular weight excluding hydrogens is 299 g/mol. The number of hydrogen-bond acceptors (Lipinski definition) is 2. The van der Waals surface area contributed by atoms with Gasteiger partial charge in [-0.2, -0.15) is 0 Å². The Morgan fingerprint density at radius 1 is 1.61 bits per heavy atom. The average Bonchev–Trinajstić information content (AvgIpc) is 2.78. The maximum Gasteiger partial charge on any atom is 0.225 e. The largest absolute Gasteiger partial charge is 0.326 e. The van der Waals surface area contributed by atoms with Gasteiger partial charge in [-0.1, -0.05) is 0 Å². The van der Waals surface area contributed by atoms with Crippen molar-refractivity contribution >= 4 is 27.5 Å². The molecule has 0 saturated carbocycles. The van der Waals surface area contributed by atoms with Crippen molar-refractivity contribution in [2.24, 2.45) is 0 Å². The van der Waals surface area contributed by atoms with Gasteiger partial charge in [0.2, 0.25) is 5.91 Å². The zero-order valence-corrected chi connectivity index (χ0v) is 11.8. The van der Waals surface area contributed by atoms with Crippen LogP contribution in [0, 0.1) is 12.7 Å². The van der Waals surface area contributed by atoms with Crippen LogP contribution in [0.5, 0.6) is 0 Å². The summed E-state index contributed by atoms with van der Waals surface area (Å²) in [6.07, 6.45) is 2.59. The molecule has 0 radical (unpaired) electrons. The number of carbonyl (C=O) groups excluding carboxylic acids is 1. The van der Waals surface area contributed by atoms with Gasteiger partial charge in [0, 0.05) is 18.2 Å². The minimum atomic E-state index is -0.366. The molecule has 1 aromatic carbocycles. The summed E-state index contributed by atoms with van der Waals surface area (Å²) in [5.74, 6) is -0.436. The van der Waals surface area contributed by atoms with E-state index in [1.165, 1.54) is 6.07 Å². The second-order valence-corrected chi connectivity index (χ2v) is 5.48. The molecule has 5 heteroatoms. The van der Waals surface area contributed by atoms with Gasteiger partial charge in [0.1, 0.15) is 5.82 Å². The van der Waals surface area contributed by atoms with E-state index in [9.17, 15) is 9.18 Å². The molecule has 2 rings (SSSR count). The Balaban J connectivity index is 2.00. The normalized spacial score (nSPS) is 18.9. The third-order valence-electron chi connectivity index (χ3n) is 3.14. The number of amides is 1. The molecule has 0 aliphatic carbocycles. The highest BCUT2D eigenvalue weighted by Gasteiger charge is 2.18. The van der Waals surface area contributed by atoms with Crippen LogP contribution in [0.25, 0.3) is 0 Å². The summed E-state index contributed by atoms with van der Waals surface area (Å²) in [4.78, 5) is 11.8. The quantitative estimate of drug-likeness (QED) is 0.900. The van der Waals surface area contributed by atoms with Crippen LogP contribution in [-0.4, -0.2) is 18.5 Å². The van der Waals surface area contributed by atoms with Gasteiger partial charge >= 0.3 is 0 Å². The maximum atomic E-state index is 13.4. The van der Waals surface area contributed by atoms with Crippen molar-refractivity contribution < 1.29 is 9.18 Å². The van der Waals surface area contributed by atoms with Crippen LogP contribution >= 0.6 is 15.9 Å². The van der Waals surface area contributed by atoms with Crippen molar-refractivity contribution in [2.45, 2.75) is 32.2 Å². The first-order chi connectivity index (χ1) is 8.56. The standard InChI is InChI=1S/C13H16BrFN2O/c1-8-5-10(14)11(15)7-12(8)17-13(18)6-9-3-2-4-16-9/h5,7,9,16H,2-4,6H2,1H3,(H,17,18). The number of carbonyl (C=O) groups is 1. The highest BCUT2D eigenvalue weighted by molar-refractivity contribution is 9.10. The highest BCUT2D eigenvalue weighted by Crippen LogP contribution is 2.24. The molecule has 1 aliphatic rings. The van der Waals surface area contributed by atoms with Gasteiger partial charge in [0.05, 0.1) is 4.47 Å². The Morgan fingerprint density at radius 2 is 2.39 bits per heavy atom. The molecule has 1 aromatic rings. The number of anilines is 1. The lowest BCUT2D eigenvalue weighted by Crippen LogP contribution is -2.27. The molecule has 1 heterocycles. The summed E-state index contributed by atoms with van der Waals surface area (Å²) in [6.45, 7) is 2.82. The van der Waals surface area contributed by atoms with E-state index in [-0.39, 0.29) is 17.8 Å². The third kappa shape index (κ3) is 3.29. The minimum absolute atomic E-state index is 0.0702. The van der Waals surface area contributed by atoms with E-state index in [1.807, 2.05) is 6.92 Å². The van der Waals surface area contributed by atoms with Crippen LogP contribution in [0.4, 0.5) is 10.1 Å². The first kappa shape index (κ1) is 13.5. The zero-order valence-electron chi connectivity index (χ0n) is 10.2. The SMILES string of the molecule is Cc1cc(Br)c(F)cc1NC(=O)CC1CCCN1. The lowest BCUT2D eigenvalue weighted by molar-refractivity contribution is -0.116. The van der Waals surface area contributed by atoms with E-state index in [1.54, 1.807) is 6.07 Å². The van der Waals surface area contributed by atoms with Crippen molar-refractivity contribution in [3.8, 4) is 0 Å². The number of halogens is 2. The van der Waals surface area contributed by atoms with E-state index in [4.69, 9.17) is 0 Å². The van der Waals surface area contributed by atoms with Crippen LogP contribution in [-0.2, 0) is 4.79 Å². The van der Waals surface area contributed by atoms with E-state index in [2.05, 4.69) is 26.6 Å². The molecule has 0 aromatic heterocycles. The highest BCUT2D eigenvalue weighted by atomic mass is 79.9. The Kier molecular flexibility index (Phi) is 4.35. The van der Waals surface area contributed by atoms with Gasteiger partial charge in [0.15, 0.2) is 0 Å². The van der Waals surface area contributed by atoms with Crippen molar-refractivity contribution in [3.63, 3.8) is 0 Å². The van der Waals surface area contributed by atoms with E-state index in [0.29, 0.717) is 16.6 Å². The fourth-order valence-corrected chi connectivity index (χ4v) is 2.59. The smallest absolute Gasteiger partial charge is 0.225 e. The number of hydrogen-bond donors (Lipinski definition) is 2. The summed E-state index contributed by atoms with van der Waals surface area (Å²) < 4.78 is 13.8. The van der Waals surface area contributed by atoms with Crippen LogP contribution in [0.1, 0.15) is 24.8 Å². The van der Waals surface area contributed by atoms with Gasteiger partial charge in [-0.15, -0.1) is 0 Å². The van der Waals surface area contributed by atoms with Gasteiger partial charge in [0.25, 0.3) is 0 Å². The molecule has 18 heavy (non-hydrogen) atoms. The van der Waals surface area contributed by atoms with Crippen molar-refractivity contribution in [2.75, 3.05) is 11.9 Å². The van der Waals surface area contributed by atoms with E-state index < -0.39 is 0 Å². The second-order valence-electron chi connectivity index (χ2n) is 4.63. The van der Waals surface area contributed by atoms with Gasteiger partial charge in [-0.05, 0) is 59.9 Å². The van der Waals surface area contributed by atoms with Gasteiger partial charge < -0.3 is 10.6 Å². The first-order valence-electron chi connectivity index (χ1n) is 6.05. The molecule has 1 fully saturated rings. The lowest BCUT2D eigenvalue weighted by Gasteiger charge is -2.12. The summed E-state index contributed by atoms with van der Waals surface area (Å²) in [5, 5.41) is 6.03. The Bertz CT molecular complexity index is 459. The van der Waals surface area contributed by atoms with Crippen LogP contribution in [0.15, 0.2) is 16.6 Å². The third-order valence-corrected chi connectivity index (χ3v) is 3.74. The fourth-order valence-electron chi connectivity index (χ4n) is 2.14. The predicted molar refractivity (Wildman–Crippen MR) is 73.1 cm³/mol. The van der Waals surface area contributed by atoms with Crippen LogP contribution in [0.3, 0.4) is 0 Å². The topological polar surface area (TPSA) is 41.1 Å². The van der Waals surface area contributed by atoms with Gasteiger partial charge in [-0.3, -0.25) is 4.79 Å². The van der Waals surface area contributed by atoms with Gasteiger partial charge in [-0.25, -0.2) is 4.39 Å². The van der Waals surface area contributed by atoms with Crippen molar-refractivity contribution in [1.29, 1.82) is 0 Å². The molecule has 98 valence electrons. The molecule has 1 aliphatic heterocycles. The zero-order chi connectivity index (χ0) is 13.1. The summed E-state index contributed by atoms with van der Waals surface area (Å²) >= 11 is 3.12. The molecule has 2 N–H and O–H groups in total. The lowest BCUT2D eigenvalue weighted by atomic mass is 10.1. The van der Waals surface area contributed by atoms with Crippen LogP contribution < -0.4 is 10.6 Å². The molecular formula is C13H16BrFN2O. The average molecular weight is 315 g/mol. The molecule has 1 atom stereocenters. The summed E-state index contributed by atoms with van der Waals surface area (Å²) in [5.41, 5.74) is 1.38. The molecule has 0 spiro atoms. The molecule has 1 saturated heterocycles. The maximum absolute atomic E-state index is 13.4. The van der Waals surface area contributed by atoms with Crippen molar-refractivity contribution in [3.05, 3.63) is 28.0 Å². The van der Waals surface area contributed by atoms with E-state index in [0.717, 1.165) is 24.9 Å². The fraction of sp³-hybridized carbons (Fsp3) is 0.462. The predicted octanol–water partition coefficient (Wildman–Crippen LogP) is 2.98. The summed E-state index contributed by atoms with van der Waals surface area (Å²) in [7, 11) is 0.